The van der Waals surface area contributed by atoms with Crippen LogP contribution in [0, 0.1) is 12.8 Å². The molecular weight excluding hydrogens is 226 g/mol. The molecule has 1 aromatic heterocycles. The van der Waals surface area contributed by atoms with Crippen molar-refractivity contribution in [2.24, 2.45) is 11.7 Å². The van der Waals surface area contributed by atoms with Crippen molar-refractivity contribution in [3.8, 4) is 0 Å². The van der Waals surface area contributed by atoms with Gasteiger partial charge in [-0.3, -0.25) is 0 Å². The van der Waals surface area contributed by atoms with E-state index in [1.54, 1.807) is 0 Å². The molecule has 0 radical (unpaired) electrons. The minimum Gasteiger partial charge on any atom is -0.381 e. The van der Waals surface area contributed by atoms with Gasteiger partial charge in [0.15, 0.2) is 0 Å². The fraction of sp³-hybridized carbons (Fsp3) is 0.714. The van der Waals surface area contributed by atoms with E-state index >= 15 is 0 Å². The Morgan fingerprint density at radius 2 is 2.22 bits per heavy atom. The molecule has 4 nitrogen and oxygen atoms in total. The lowest BCUT2D eigenvalue weighted by Crippen LogP contribution is -2.25. The number of rotatable bonds is 2. The highest BCUT2D eigenvalue weighted by atomic mass is 16.5. The van der Waals surface area contributed by atoms with Gasteiger partial charge < -0.3 is 10.5 Å². The average molecular weight is 247 g/mol. The van der Waals surface area contributed by atoms with Crippen LogP contribution in [0.15, 0.2) is 0 Å². The van der Waals surface area contributed by atoms with Crippen LogP contribution < -0.4 is 5.73 Å². The highest BCUT2D eigenvalue weighted by Crippen LogP contribution is 2.29. The van der Waals surface area contributed by atoms with Crippen LogP contribution in [-0.4, -0.2) is 29.7 Å². The van der Waals surface area contributed by atoms with Crippen molar-refractivity contribution in [2.75, 3.05) is 19.8 Å². The number of aromatic nitrogens is 2. The summed E-state index contributed by atoms with van der Waals surface area (Å²) in [5.41, 5.74) is 9.54. The summed E-state index contributed by atoms with van der Waals surface area (Å²) in [5.74, 6) is 2.01. The lowest BCUT2D eigenvalue weighted by Gasteiger charge is -2.24. The monoisotopic (exact) mass is 247 g/mol. The van der Waals surface area contributed by atoms with Gasteiger partial charge in [-0.05, 0) is 50.6 Å². The maximum absolute atomic E-state index is 5.78. The fourth-order valence-electron chi connectivity index (χ4n) is 3.00. The molecule has 3 rings (SSSR count). The largest absolute Gasteiger partial charge is 0.381 e. The number of nitrogens with zero attached hydrogens (tertiary/aromatic N) is 2. The Labute approximate surface area is 108 Å². The molecule has 2 unspecified atom stereocenters. The smallest absolute Gasteiger partial charge is 0.134 e. The van der Waals surface area contributed by atoms with Crippen molar-refractivity contribution in [1.82, 2.24) is 9.97 Å². The van der Waals surface area contributed by atoms with E-state index in [1.807, 2.05) is 0 Å². The van der Waals surface area contributed by atoms with Crippen LogP contribution in [0.5, 0.6) is 0 Å². The zero-order chi connectivity index (χ0) is 12.5. The average Bonchev–Trinajstić information content (AvgIpc) is 2.92. The molecule has 2 aliphatic rings. The van der Waals surface area contributed by atoms with Gasteiger partial charge >= 0.3 is 0 Å². The van der Waals surface area contributed by atoms with Crippen molar-refractivity contribution in [2.45, 2.75) is 38.5 Å². The Morgan fingerprint density at radius 1 is 1.33 bits per heavy atom. The molecule has 1 aromatic rings. The van der Waals surface area contributed by atoms with E-state index < -0.39 is 0 Å². The molecule has 1 saturated heterocycles. The SMILES string of the molecule is Cc1nc(C2CCOC2)nc2c1CC(CN)CC2. The van der Waals surface area contributed by atoms with Gasteiger partial charge in [-0.1, -0.05) is 0 Å². The van der Waals surface area contributed by atoms with E-state index in [-0.39, 0.29) is 0 Å². The van der Waals surface area contributed by atoms with Crippen molar-refractivity contribution in [3.63, 3.8) is 0 Å². The molecule has 98 valence electrons. The second kappa shape index (κ2) is 4.94. The van der Waals surface area contributed by atoms with Crippen LogP contribution in [0.25, 0.3) is 0 Å². The minimum absolute atomic E-state index is 0.404. The molecule has 2 atom stereocenters. The summed E-state index contributed by atoms with van der Waals surface area (Å²) < 4.78 is 5.43. The van der Waals surface area contributed by atoms with Crippen LogP contribution in [0.4, 0.5) is 0 Å². The van der Waals surface area contributed by atoms with Crippen LogP contribution in [0.1, 0.15) is 41.5 Å². The Balaban J connectivity index is 1.90. The van der Waals surface area contributed by atoms with Crippen LogP contribution in [0.3, 0.4) is 0 Å². The van der Waals surface area contributed by atoms with Crippen molar-refractivity contribution < 1.29 is 4.74 Å². The van der Waals surface area contributed by atoms with E-state index in [9.17, 15) is 0 Å². The second-order valence-corrected chi connectivity index (χ2v) is 5.50. The summed E-state index contributed by atoms with van der Waals surface area (Å²) >= 11 is 0. The number of ether oxygens (including phenoxy) is 1. The number of hydrogen-bond acceptors (Lipinski definition) is 4. The van der Waals surface area contributed by atoms with E-state index in [2.05, 4.69) is 6.92 Å². The quantitative estimate of drug-likeness (QED) is 0.857. The molecule has 1 fully saturated rings. The van der Waals surface area contributed by atoms with Crippen LogP contribution in [-0.2, 0) is 17.6 Å². The summed E-state index contributed by atoms with van der Waals surface area (Å²) in [7, 11) is 0. The first-order valence-electron chi connectivity index (χ1n) is 6.92. The predicted octanol–water partition coefficient (Wildman–Crippen LogP) is 1.35. The van der Waals surface area contributed by atoms with E-state index in [1.165, 1.54) is 17.7 Å². The third-order valence-corrected chi connectivity index (χ3v) is 4.23. The highest BCUT2D eigenvalue weighted by molar-refractivity contribution is 5.29. The molecule has 0 bridgehead atoms. The fourth-order valence-corrected chi connectivity index (χ4v) is 3.00. The third kappa shape index (κ3) is 2.15. The van der Waals surface area contributed by atoms with Gasteiger partial charge in [0.05, 0.1) is 6.61 Å². The summed E-state index contributed by atoms with van der Waals surface area (Å²) in [6, 6.07) is 0. The van der Waals surface area contributed by atoms with Crippen molar-refractivity contribution in [1.29, 1.82) is 0 Å². The third-order valence-electron chi connectivity index (χ3n) is 4.23. The summed E-state index contributed by atoms with van der Waals surface area (Å²) in [6.45, 7) is 4.51. The van der Waals surface area contributed by atoms with Gasteiger partial charge in [0.2, 0.25) is 0 Å². The Morgan fingerprint density at radius 3 is 2.94 bits per heavy atom. The molecule has 2 heterocycles. The molecule has 0 aromatic carbocycles. The Kier molecular flexibility index (Phi) is 3.31. The standard InChI is InChI=1S/C14H21N3O/c1-9-12-6-10(7-15)2-3-13(12)17-14(16-9)11-4-5-18-8-11/h10-11H,2-8,15H2,1H3. The van der Waals surface area contributed by atoms with Gasteiger partial charge in [-0.15, -0.1) is 0 Å². The maximum Gasteiger partial charge on any atom is 0.134 e. The number of aryl methyl sites for hydroxylation is 2. The van der Waals surface area contributed by atoms with Crippen molar-refractivity contribution in [3.05, 3.63) is 22.8 Å². The molecule has 0 spiro atoms. The van der Waals surface area contributed by atoms with Crippen LogP contribution >= 0.6 is 0 Å². The van der Waals surface area contributed by atoms with E-state index in [0.29, 0.717) is 11.8 Å². The zero-order valence-electron chi connectivity index (χ0n) is 11.0. The first-order chi connectivity index (χ1) is 8.78. The zero-order valence-corrected chi connectivity index (χ0v) is 11.0. The minimum atomic E-state index is 0.404. The number of fused-ring (bicyclic) bond motifs is 1. The van der Waals surface area contributed by atoms with Gasteiger partial charge in [0.25, 0.3) is 0 Å². The normalized spacial score (nSPS) is 27.2. The molecule has 2 N–H and O–H groups in total. The second-order valence-electron chi connectivity index (χ2n) is 5.50. The molecule has 1 aliphatic heterocycles. The van der Waals surface area contributed by atoms with Gasteiger partial charge in [0, 0.05) is 23.9 Å². The number of nitrogens with two attached hydrogens (primary N) is 1. The maximum atomic E-state index is 5.78. The first-order valence-corrected chi connectivity index (χ1v) is 6.92. The molecule has 1 aliphatic carbocycles. The van der Waals surface area contributed by atoms with Gasteiger partial charge in [-0.25, -0.2) is 9.97 Å². The predicted molar refractivity (Wildman–Crippen MR) is 69.5 cm³/mol. The number of hydrogen-bond donors (Lipinski definition) is 1. The lowest BCUT2D eigenvalue weighted by molar-refractivity contribution is 0.193. The lowest BCUT2D eigenvalue weighted by atomic mass is 9.85. The van der Waals surface area contributed by atoms with Gasteiger partial charge in [-0.2, -0.15) is 0 Å². The summed E-state index contributed by atoms with van der Waals surface area (Å²) in [4.78, 5) is 9.50. The van der Waals surface area contributed by atoms with E-state index in [0.717, 1.165) is 50.5 Å². The topological polar surface area (TPSA) is 61.0 Å². The Hall–Kier alpha value is -1.00. The molecule has 0 amide bonds. The molecule has 18 heavy (non-hydrogen) atoms. The molecule has 0 saturated carbocycles. The van der Waals surface area contributed by atoms with Gasteiger partial charge in [0.1, 0.15) is 5.82 Å². The Bertz CT molecular complexity index is 441. The van der Waals surface area contributed by atoms with E-state index in [4.69, 9.17) is 20.4 Å². The van der Waals surface area contributed by atoms with Crippen molar-refractivity contribution >= 4 is 0 Å². The van der Waals surface area contributed by atoms with Crippen LogP contribution in [0.2, 0.25) is 0 Å². The summed E-state index contributed by atoms with van der Waals surface area (Å²) in [6.07, 6.45) is 4.34. The highest BCUT2D eigenvalue weighted by Gasteiger charge is 2.25. The molecular formula is C14H21N3O. The summed E-state index contributed by atoms with van der Waals surface area (Å²) in [5, 5.41) is 0. The first kappa shape index (κ1) is 12.1. The molecule has 4 heteroatoms.